The zero-order chi connectivity index (χ0) is 22.8. The van der Waals surface area contributed by atoms with Gasteiger partial charge >= 0.3 is 12.0 Å². The summed E-state index contributed by atoms with van der Waals surface area (Å²) < 4.78 is 28.3. The summed E-state index contributed by atoms with van der Waals surface area (Å²) >= 11 is 0. The minimum absolute atomic E-state index is 0.0627. The van der Waals surface area contributed by atoms with Crippen LogP contribution in [0.15, 0.2) is 42.5 Å². The largest absolute Gasteiger partial charge is 0.493 e. The van der Waals surface area contributed by atoms with Crippen molar-refractivity contribution in [2.45, 2.75) is 0 Å². The molecule has 2 aromatic carbocycles. The summed E-state index contributed by atoms with van der Waals surface area (Å²) in [6, 6.07) is 8.56. The molecule has 0 aliphatic heterocycles. The van der Waals surface area contributed by atoms with Crippen molar-refractivity contribution in [3.63, 3.8) is 0 Å². The lowest BCUT2D eigenvalue weighted by Gasteiger charge is -2.12. The molecule has 10 nitrogen and oxygen atoms in total. The SMILES string of the molecule is CNC(=O)NC(=O)COC(=O)c1ccc(OCC(=O)Nc2ccc(F)cc2)c(OC)c1. The highest BCUT2D eigenvalue weighted by Crippen LogP contribution is 2.28. The summed E-state index contributed by atoms with van der Waals surface area (Å²) in [4.78, 5) is 46.6. The molecule has 3 N–H and O–H groups in total. The van der Waals surface area contributed by atoms with Gasteiger partial charge in [0, 0.05) is 12.7 Å². The van der Waals surface area contributed by atoms with Crippen LogP contribution in [0, 0.1) is 5.82 Å². The summed E-state index contributed by atoms with van der Waals surface area (Å²) in [6.07, 6.45) is 0. The first-order chi connectivity index (χ1) is 14.8. The van der Waals surface area contributed by atoms with Crippen LogP contribution in [0.1, 0.15) is 10.4 Å². The number of carbonyl (C=O) groups excluding carboxylic acids is 4. The number of amides is 4. The molecular formula is C20H20FN3O7. The Kier molecular flexibility index (Phi) is 8.31. The van der Waals surface area contributed by atoms with Crippen LogP contribution < -0.4 is 25.4 Å². The second kappa shape index (κ2) is 11.1. The minimum Gasteiger partial charge on any atom is -0.493 e. The van der Waals surface area contributed by atoms with Gasteiger partial charge in [0.25, 0.3) is 11.8 Å². The molecule has 0 saturated heterocycles. The van der Waals surface area contributed by atoms with Crippen molar-refractivity contribution in [1.29, 1.82) is 0 Å². The third-order valence-corrected chi connectivity index (χ3v) is 3.70. The lowest BCUT2D eigenvalue weighted by atomic mass is 10.2. The molecule has 4 amide bonds. The number of esters is 1. The Balaban J connectivity index is 1.92. The van der Waals surface area contributed by atoms with Crippen LogP contribution in [0.25, 0.3) is 0 Å². The minimum atomic E-state index is -0.828. The number of nitrogens with one attached hydrogen (secondary N) is 3. The Labute approximate surface area is 176 Å². The Morgan fingerprint density at radius 1 is 0.935 bits per heavy atom. The number of hydrogen-bond donors (Lipinski definition) is 3. The van der Waals surface area contributed by atoms with Gasteiger partial charge in [-0.1, -0.05) is 0 Å². The number of halogens is 1. The summed E-state index contributed by atoms with van der Waals surface area (Å²) in [7, 11) is 2.67. The van der Waals surface area contributed by atoms with Crippen molar-refractivity contribution in [2.24, 2.45) is 0 Å². The smallest absolute Gasteiger partial charge is 0.338 e. The number of rotatable bonds is 8. The fourth-order valence-electron chi connectivity index (χ4n) is 2.23. The van der Waals surface area contributed by atoms with Gasteiger partial charge < -0.3 is 24.8 Å². The van der Waals surface area contributed by atoms with E-state index in [0.717, 1.165) is 0 Å². The van der Waals surface area contributed by atoms with E-state index in [1.54, 1.807) is 0 Å². The number of benzene rings is 2. The highest BCUT2D eigenvalue weighted by atomic mass is 19.1. The van der Waals surface area contributed by atoms with Crippen molar-refractivity contribution in [2.75, 3.05) is 32.7 Å². The topological polar surface area (TPSA) is 132 Å². The lowest BCUT2D eigenvalue weighted by Crippen LogP contribution is -2.39. The summed E-state index contributed by atoms with van der Waals surface area (Å²) in [5.41, 5.74) is 0.466. The van der Waals surface area contributed by atoms with Gasteiger partial charge in [0.2, 0.25) is 0 Å². The predicted octanol–water partition coefficient (Wildman–Crippen LogP) is 1.46. The van der Waals surface area contributed by atoms with E-state index in [9.17, 15) is 23.6 Å². The van der Waals surface area contributed by atoms with E-state index < -0.39 is 36.2 Å². The van der Waals surface area contributed by atoms with Crippen molar-refractivity contribution in [3.8, 4) is 11.5 Å². The van der Waals surface area contributed by atoms with Gasteiger partial charge in [0.1, 0.15) is 5.82 Å². The zero-order valence-corrected chi connectivity index (χ0v) is 16.7. The molecular weight excluding hydrogens is 413 g/mol. The Hall–Kier alpha value is -4.15. The Bertz CT molecular complexity index is 964. The van der Waals surface area contributed by atoms with Crippen LogP contribution in [0.3, 0.4) is 0 Å². The third-order valence-electron chi connectivity index (χ3n) is 3.70. The average molecular weight is 433 g/mol. The number of hydrogen-bond acceptors (Lipinski definition) is 7. The molecule has 2 aromatic rings. The van der Waals surface area contributed by atoms with Crippen molar-refractivity contribution in [1.82, 2.24) is 10.6 Å². The van der Waals surface area contributed by atoms with E-state index in [-0.39, 0.29) is 23.7 Å². The summed E-state index contributed by atoms with van der Waals surface area (Å²) in [5.74, 6) is -2.20. The molecule has 0 bridgehead atoms. The van der Waals surface area contributed by atoms with Gasteiger partial charge in [-0.3, -0.25) is 14.9 Å². The first-order valence-corrected chi connectivity index (χ1v) is 8.87. The maximum Gasteiger partial charge on any atom is 0.338 e. The molecule has 0 aromatic heterocycles. The maximum atomic E-state index is 12.9. The summed E-state index contributed by atoms with van der Waals surface area (Å²) in [6.45, 7) is -1.02. The van der Waals surface area contributed by atoms with Crippen LogP contribution >= 0.6 is 0 Å². The van der Waals surface area contributed by atoms with Gasteiger partial charge in [-0.2, -0.15) is 0 Å². The number of carbonyl (C=O) groups is 4. The van der Waals surface area contributed by atoms with E-state index in [1.165, 1.54) is 56.6 Å². The number of ether oxygens (including phenoxy) is 3. The second-order valence-corrected chi connectivity index (χ2v) is 5.91. The van der Waals surface area contributed by atoms with Crippen molar-refractivity contribution >= 4 is 29.5 Å². The van der Waals surface area contributed by atoms with E-state index >= 15 is 0 Å². The molecule has 2 rings (SSSR count). The van der Waals surface area contributed by atoms with Gasteiger partial charge in [-0.15, -0.1) is 0 Å². The average Bonchev–Trinajstić information content (AvgIpc) is 2.77. The second-order valence-electron chi connectivity index (χ2n) is 5.91. The molecule has 164 valence electrons. The molecule has 0 spiro atoms. The molecule has 11 heteroatoms. The molecule has 0 radical (unpaired) electrons. The first kappa shape index (κ1) is 23.1. The third kappa shape index (κ3) is 7.31. The first-order valence-electron chi connectivity index (χ1n) is 8.87. The van der Waals surface area contributed by atoms with Crippen molar-refractivity contribution < 1.29 is 37.8 Å². The highest BCUT2D eigenvalue weighted by Gasteiger charge is 2.15. The van der Waals surface area contributed by atoms with Crippen LogP contribution in [0.5, 0.6) is 11.5 Å². The fraction of sp³-hybridized carbons (Fsp3) is 0.200. The maximum absolute atomic E-state index is 12.9. The normalized spacial score (nSPS) is 9.90. The van der Waals surface area contributed by atoms with Crippen LogP contribution in [0.4, 0.5) is 14.9 Å². The van der Waals surface area contributed by atoms with Gasteiger partial charge in [-0.25, -0.2) is 14.0 Å². The quantitative estimate of drug-likeness (QED) is 0.537. The monoisotopic (exact) mass is 433 g/mol. The zero-order valence-electron chi connectivity index (χ0n) is 16.7. The van der Waals surface area contributed by atoms with E-state index in [1.807, 2.05) is 5.32 Å². The molecule has 0 atom stereocenters. The van der Waals surface area contributed by atoms with Gasteiger partial charge in [0.15, 0.2) is 24.7 Å². The number of methoxy groups -OCH3 is 1. The van der Waals surface area contributed by atoms with E-state index in [2.05, 4.69) is 10.6 Å². The number of urea groups is 1. The number of anilines is 1. The standard InChI is InChI=1S/C20H20FN3O7/c1-22-20(28)24-18(26)11-31-19(27)12-3-8-15(16(9-12)29-2)30-10-17(25)23-14-6-4-13(21)5-7-14/h3-9H,10-11H2,1-2H3,(H,23,25)(H2,22,24,26,28). The van der Waals surface area contributed by atoms with Crippen LogP contribution in [-0.2, 0) is 14.3 Å². The highest BCUT2D eigenvalue weighted by molar-refractivity contribution is 5.97. The van der Waals surface area contributed by atoms with Gasteiger partial charge in [0.05, 0.1) is 12.7 Å². The van der Waals surface area contributed by atoms with Crippen LogP contribution in [0.2, 0.25) is 0 Å². The molecule has 31 heavy (non-hydrogen) atoms. The molecule has 0 heterocycles. The Morgan fingerprint density at radius 2 is 1.65 bits per heavy atom. The Morgan fingerprint density at radius 3 is 2.29 bits per heavy atom. The number of imide groups is 1. The predicted molar refractivity (Wildman–Crippen MR) is 106 cm³/mol. The van der Waals surface area contributed by atoms with E-state index in [4.69, 9.17) is 14.2 Å². The molecule has 0 fully saturated rings. The van der Waals surface area contributed by atoms with Gasteiger partial charge in [-0.05, 0) is 42.5 Å². The molecule has 0 unspecified atom stereocenters. The molecule has 0 aliphatic rings. The van der Waals surface area contributed by atoms with Crippen LogP contribution in [-0.4, -0.2) is 51.2 Å². The summed E-state index contributed by atoms with van der Waals surface area (Å²) in [5, 5.41) is 6.67. The van der Waals surface area contributed by atoms with E-state index in [0.29, 0.717) is 5.69 Å². The lowest BCUT2D eigenvalue weighted by molar-refractivity contribution is -0.123. The molecule has 0 aliphatic carbocycles. The molecule has 0 saturated carbocycles. The van der Waals surface area contributed by atoms with Crippen molar-refractivity contribution in [3.05, 3.63) is 53.8 Å². The fourth-order valence-corrected chi connectivity index (χ4v) is 2.23.